The van der Waals surface area contributed by atoms with Gasteiger partial charge in [0.25, 0.3) is 0 Å². The summed E-state index contributed by atoms with van der Waals surface area (Å²) in [6, 6.07) is 0.970. The van der Waals surface area contributed by atoms with Gasteiger partial charge >= 0.3 is 6.18 Å². The number of hydrogen-bond acceptors (Lipinski definition) is 4. The van der Waals surface area contributed by atoms with Gasteiger partial charge in [-0.1, -0.05) is 0 Å². The van der Waals surface area contributed by atoms with E-state index in [4.69, 9.17) is 0 Å². The van der Waals surface area contributed by atoms with Gasteiger partial charge < -0.3 is 10.6 Å². The van der Waals surface area contributed by atoms with Crippen molar-refractivity contribution < 1.29 is 13.2 Å². The van der Waals surface area contributed by atoms with Crippen LogP contribution in [0.3, 0.4) is 0 Å². The van der Waals surface area contributed by atoms with Crippen LogP contribution < -0.4 is 10.6 Å². The molecule has 2 heterocycles. The van der Waals surface area contributed by atoms with Gasteiger partial charge in [-0.25, -0.2) is 9.97 Å². The van der Waals surface area contributed by atoms with Crippen molar-refractivity contribution in [3.63, 3.8) is 0 Å². The highest BCUT2D eigenvalue weighted by molar-refractivity contribution is 5.28. The monoisotopic (exact) mass is 218 g/mol. The average Bonchev–Trinajstić information content (AvgIpc) is 2.11. The van der Waals surface area contributed by atoms with Crippen molar-refractivity contribution >= 4 is 5.95 Å². The Morgan fingerprint density at radius 1 is 1.40 bits per heavy atom. The Morgan fingerprint density at radius 2 is 2.13 bits per heavy atom. The van der Waals surface area contributed by atoms with E-state index in [1.165, 1.54) is 0 Å². The van der Waals surface area contributed by atoms with Gasteiger partial charge in [-0.2, -0.15) is 13.2 Å². The molecule has 2 rings (SSSR count). The fourth-order valence-corrected chi connectivity index (χ4v) is 1.16. The van der Waals surface area contributed by atoms with Gasteiger partial charge in [0, 0.05) is 19.3 Å². The van der Waals surface area contributed by atoms with Gasteiger partial charge in [-0.05, 0) is 6.07 Å². The Balaban J connectivity index is 2.11. The Kier molecular flexibility index (Phi) is 2.47. The molecule has 82 valence electrons. The minimum atomic E-state index is -4.42. The summed E-state index contributed by atoms with van der Waals surface area (Å²) in [5, 5.41) is 5.79. The fourth-order valence-electron chi connectivity index (χ4n) is 1.16. The van der Waals surface area contributed by atoms with Crippen molar-refractivity contribution in [2.75, 3.05) is 18.4 Å². The molecule has 0 spiro atoms. The van der Waals surface area contributed by atoms with Gasteiger partial charge in [0.1, 0.15) is 5.69 Å². The zero-order valence-electron chi connectivity index (χ0n) is 7.67. The number of rotatable bonds is 2. The molecule has 1 aliphatic heterocycles. The molecule has 7 heteroatoms. The number of halogens is 3. The van der Waals surface area contributed by atoms with Gasteiger partial charge in [-0.3, -0.25) is 0 Å². The molecule has 0 aliphatic carbocycles. The smallest absolute Gasteiger partial charge is 0.349 e. The lowest BCUT2D eigenvalue weighted by Crippen LogP contribution is -2.51. The lowest BCUT2D eigenvalue weighted by molar-refractivity contribution is -0.141. The van der Waals surface area contributed by atoms with Crippen molar-refractivity contribution in [3.05, 3.63) is 18.0 Å². The lowest BCUT2D eigenvalue weighted by Gasteiger charge is -2.27. The first-order valence-corrected chi connectivity index (χ1v) is 4.43. The number of anilines is 1. The Labute approximate surface area is 83.9 Å². The number of hydrogen-bond donors (Lipinski definition) is 2. The predicted octanol–water partition coefficient (Wildman–Crippen LogP) is 0.879. The molecule has 4 nitrogen and oxygen atoms in total. The van der Waals surface area contributed by atoms with Crippen LogP contribution in [0.25, 0.3) is 0 Å². The summed E-state index contributed by atoms with van der Waals surface area (Å²) < 4.78 is 36.8. The molecule has 0 amide bonds. The molecule has 0 aromatic carbocycles. The molecule has 0 bridgehead atoms. The SMILES string of the molecule is FC(F)(F)c1ccnc(NC2CNC2)n1. The minimum absolute atomic E-state index is 0.0244. The predicted molar refractivity (Wildman–Crippen MR) is 47.3 cm³/mol. The van der Waals surface area contributed by atoms with Crippen LogP contribution in [0.15, 0.2) is 12.3 Å². The maximum atomic E-state index is 12.3. The van der Waals surface area contributed by atoms with E-state index in [0.717, 1.165) is 25.4 Å². The summed E-state index contributed by atoms with van der Waals surface area (Å²) in [4.78, 5) is 7.12. The highest BCUT2D eigenvalue weighted by Gasteiger charge is 2.33. The fraction of sp³-hybridized carbons (Fsp3) is 0.500. The summed E-state index contributed by atoms with van der Waals surface area (Å²) in [5.41, 5.74) is -0.924. The van der Waals surface area contributed by atoms with Crippen molar-refractivity contribution in [2.24, 2.45) is 0 Å². The Morgan fingerprint density at radius 3 is 2.67 bits per heavy atom. The Bertz CT molecular complexity index is 348. The molecular formula is C8H9F3N4. The lowest BCUT2D eigenvalue weighted by atomic mass is 10.2. The van der Waals surface area contributed by atoms with E-state index >= 15 is 0 Å². The molecule has 0 atom stereocenters. The first-order chi connectivity index (χ1) is 7.05. The number of alkyl halides is 3. The number of aromatic nitrogens is 2. The van der Waals surface area contributed by atoms with Crippen LogP contribution in [0.4, 0.5) is 19.1 Å². The van der Waals surface area contributed by atoms with Crippen LogP contribution in [0.2, 0.25) is 0 Å². The maximum absolute atomic E-state index is 12.3. The number of nitrogens with one attached hydrogen (secondary N) is 2. The largest absolute Gasteiger partial charge is 0.433 e. The van der Waals surface area contributed by atoms with E-state index < -0.39 is 11.9 Å². The number of nitrogens with zero attached hydrogens (tertiary/aromatic N) is 2. The van der Waals surface area contributed by atoms with Crippen LogP contribution in [0, 0.1) is 0 Å². The van der Waals surface area contributed by atoms with Crippen molar-refractivity contribution in [2.45, 2.75) is 12.2 Å². The summed E-state index contributed by atoms with van der Waals surface area (Å²) >= 11 is 0. The van der Waals surface area contributed by atoms with Crippen LogP contribution in [-0.4, -0.2) is 29.1 Å². The molecule has 1 fully saturated rings. The molecule has 0 unspecified atom stereocenters. The summed E-state index contributed by atoms with van der Waals surface area (Å²) in [5.74, 6) is 0.0244. The maximum Gasteiger partial charge on any atom is 0.433 e. The van der Waals surface area contributed by atoms with Crippen molar-refractivity contribution in [1.29, 1.82) is 0 Å². The van der Waals surface area contributed by atoms with E-state index in [1.54, 1.807) is 0 Å². The molecule has 1 saturated heterocycles. The Hall–Kier alpha value is -1.37. The van der Waals surface area contributed by atoms with Crippen LogP contribution in [0.1, 0.15) is 5.69 Å². The third-order valence-corrected chi connectivity index (χ3v) is 2.06. The van der Waals surface area contributed by atoms with Gasteiger partial charge in [-0.15, -0.1) is 0 Å². The quantitative estimate of drug-likeness (QED) is 0.773. The second kappa shape index (κ2) is 3.65. The van der Waals surface area contributed by atoms with E-state index in [2.05, 4.69) is 20.6 Å². The van der Waals surface area contributed by atoms with E-state index in [1.807, 2.05) is 0 Å². The average molecular weight is 218 g/mol. The first-order valence-electron chi connectivity index (χ1n) is 4.43. The second-order valence-electron chi connectivity index (χ2n) is 3.26. The van der Waals surface area contributed by atoms with E-state index in [0.29, 0.717) is 0 Å². The second-order valence-corrected chi connectivity index (χ2v) is 3.26. The molecule has 1 aliphatic rings. The molecule has 2 N–H and O–H groups in total. The highest BCUT2D eigenvalue weighted by atomic mass is 19.4. The summed E-state index contributed by atoms with van der Waals surface area (Å²) in [6.07, 6.45) is -3.32. The summed E-state index contributed by atoms with van der Waals surface area (Å²) in [7, 11) is 0. The minimum Gasteiger partial charge on any atom is -0.349 e. The topological polar surface area (TPSA) is 49.8 Å². The third-order valence-electron chi connectivity index (χ3n) is 2.06. The summed E-state index contributed by atoms with van der Waals surface area (Å²) in [6.45, 7) is 1.44. The zero-order chi connectivity index (χ0) is 10.9. The van der Waals surface area contributed by atoms with E-state index in [-0.39, 0.29) is 12.0 Å². The van der Waals surface area contributed by atoms with Gasteiger partial charge in [0.05, 0.1) is 6.04 Å². The van der Waals surface area contributed by atoms with Crippen LogP contribution in [0.5, 0.6) is 0 Å². The van der Waals surface area contributed by atoms with Crippen LogP contribution >= 0.6 is 0 Å². The standard InChI is InChI=1S/C8H9F3N4/c9-8(10,11)6-1-2-13-7(15-6)14-5-3-12-4-5/h1-2,5,12H,3-4H2,(H,13,14,15). The van der Waals surface area contributed by atoms with Crippen molar-refractivity contribution in [1.82, 2.24) is 15.3 Å². The zero-order valence-corrected chi connectivity index (χ0v) is 7.67. The molecule has 1 aromatic rings. The molecule has 0 radical (unpaired) electrons. The first kappa shape index (κ1) is 10.2. The molecule has 0 saturated carbocycles. The molecule has 15 heavy (non-hydrogen) atoms. The van der Waals surface area contributed by atoms with Crippen molar-refractivity contribution in [3.8, 4) is 0 Å². The van der Waals surface area contributed by atoms with E-state index in [9.17, 15) is 13.2 Å². The van der Waals surface area contributed by atoms with Crippen LogP contribution in [-0.2, 0) is 6.18 Å². The normalized spacial score (nSPS) is 17.3. The molecular weight excluding hydrogens is 209 g/mol. The van der Waals surface area contributed by atoms with Gasteiger partial charge in [0.2, 0.25) is 5.95 Å². The third kappa shape index (κ3) is 2.35. The molecule has 1 aromatic heterocycles. The van der Waals surface area contributed by atoms with Gasteiger partial charge in [0.15, 0.2) is 0 Å². The highest BCUT2D eigenvalue weighted by Crippen LogP contribution is 2.27.